The Morgan fingerprint density at radius 1 is 1.06 bits per heavy atom. The Bertz CT molecular complexity index is 1170. The van der Waals surface area contributed by atoms with Crippen LogP contribution in [0.15, 0.2) is 76.0 Å². The smallest absolute Gasteiger partial charge is 0.289 e. The van der Waals surface area contributed by atoms with Crippen LogP contribution in [0.5, 0.6) is 0 Å². The number of ether oxygens (including phenoxy) is 1. The summed E-state index contributed by atoms with van der Waals surface area (Å²) in [5.74, 6) is -0.899. The van der Waals surface area contributed by atoms with Crippen LogP contribution >= 0.6 is 0 Å². The molecule has 2 aromatic carbocycles. The zero-order chi connectivity index (χ0) is 22.6. The van der Waals surface area contributed by atoms with E-state index in [0.717, 1.165) is 12.8 Å². The van der Waals surface area contributed by atoms with E-state index < -0.39 is 15.7 Å². The van der Waals surface area contributed by atoms with Gasteiger partial charge in [-0.15, -0.1) is 0 Å². The van der Waals surface area contributed by atoms with Crippen molar-refractivity contribution in [3.63, 3.8) is 0 Å². The lowest BCUT2D eigenvalue weighted by atomic mass is 10.1. The molecule has 0 saturated carbocycles. The number of carbonyl (C=O) groups is 1. The fourth-order valence-corrected chi connectivity index (χ4v) is 5.00. The van der Waals surface area contributed by atoms with Crippen molar-refractivity contribution in [3.05, 3.63) is 89.6 Å². The van der Waals surface area contributed by atoms with E-state index in [2.05, 4.69) is 0 Å². The molecule has 3 aromatic rings. The van der Waals surface area contributed by atoms with E-state index in [9.17, 15) is 17.6 Å². The molecule has 1 atom stereocenters. The highest BCUT2D eigenvalue weighted by atomic mass is 32.2. The van der Waals surface area contributed by atoms with Gasteiger partial charge in [-0.05, 0) is 54.8 Å². The SMILES string of the molecule is O=C(c1ccc(CS(=O)(=O)c2ccccc2)o1)N(Cc1cccc(F)c1)CC1CCCO1. The number of hydrogen-bond donors (Lipinski definition) is 0. The van der Waals surface area contributed by atoms with Gasteiger partial charge in [-0.1, -0.05) is 30.3 Å². The van der Waals surface area contributed by atoms with Gasteiger partial charge in [0.05, 0.1) is 11.0 Å². The molecule has 6 nitrogen and oxygen atoms in total. The molecule has 0 bridgehead atoms. The Kier molecular flexibility index (Phi) is 6.72. The average molecular weight is 458 g/mol. The molecule has 0 aliphatic carbocycles. The van der Waals surface area contributed by atoms with Gasteiger partial charge in [0.2, 0.25) is 0 Å². The molecule has 1 saturated heterocycles. The number of furan rings is 1. The summed E-state index contributed by atoms with van der Waals surface area (Å²) in [6.45, 7) is 1.18. The molecule has 2 heterocycles. The maximum absolute atomic E-state index is 13.6. The molecule has 0 N–H and O–H groups in total. The lowest BCUT2D eigenvalue weighted by molar-refractivity contribution is 0.0482. The highest BCUT2D eigenvalue weighted by Crippen LogP contribution is 2.21. The van der Waals surface area contributed by atoms with Gasteiger partial charge in [-0.25, -0.2) is 12.8 Å². The molecule has 1 aliphatic rings. The molecule has 32 heavy (non-hydrogen) atoms. The van der Waals surface area contributed by atoms with Gasteiger partial charge in [0, 0.05) is 19.7 Å². The van der Waals surface area contributed by atoms with Crippen LogP contribution in [0.25, 0.3) is 0 Å². The largest absolute Gasteiger partial charge is 0.455 e. The van der Waals surface area contributed by atoms with Gasteiger partial charge < -0.3 is 14.1 Å². The molecule has 8 heteroatoms. The molecule has 0 radical (unpaired) electrons. The van der Waals surface area contributed by atoms with Crippen LogP contribution in [0.2, 0.25) is 0 Å². The standard InChI is InChI=1S/C24H24FNO5S/c25-19-7-4-6-18(14-19)15-26(16-20-8-5-13-30-20)24(27)23-12-11-21(31-23)17-32(28,29)22-9-2-1-3-10-22/h1-4,6-7,9-12,14,20H,5,8,13,15-17H2. The zero-order valence-corrected chi connectivity index (χ0v) is 18.3. The highest BCUT2D eigenvalue weighted by Gasteiger charge is 2.26. The predicted molar refractivity (Wildman–Crippen MR) is 116 cm³/mol. The van der Waals surface area contributed by atoms with E-state index in [4.69, 9.17) is 9.15 Å². The average Bonchev–Trinajstić information content (AvgIpc) is 3.45. The molecule has 4 rings (SSSR count). The second kappa shape index (κ2) is 9.67. The molecule has 1 aromatic heterocycles. The first-order chi connectivity index (χ1) is 15.4. The Morgan fingerprint density at radius 3 is 2.59 bits per heavy atom. The first kappa shape index (κ1) is 22.2. The lowest BCUT2D eigenvalue weighted by Crippen LogP contribution is -2.36. The number of sulfone groups is 1. The van der Waals surface area contributed by atoms with Crippen molar-refractivity contribution in [2.75, 3.05) is 13.2 Å². The summed E-state index contributed by atoms with van der Waals surface area (Å²) in [7, 11) is -3.60. The minimum absolute atomic E-state index is 0.0395. The fourth-order valence-electron chi connectivity index (χ4n) is 3.73. The van der Waals surface area contributed by atoms with Crippen molar-refractivity contribution in [3.8, 4) is 0 Å². The van der Waals surface area contributed by atoms with Crippen LogP contribution in [0.3, 0.4) is 0 Å². The Morgan fingerprint density at radius 2 is 1.88 bits per heavy atom. The summed E-state index contributed by atoms with van der Waals surface area (Å²) in [5, 5.41) is 0. The number of halogens is 1. The van der Waals surface area contributed by atoms with Crippen molar-refractivity contribution in [2.45, 2.75) is 36.1 Å². The number of carbonyl (C=O) groups excluding carboxylic acids is 1. The van der Waals surface area contributed by atoms with Gasteiger partial charge >= 0.3 is 0 Å². The maximum atomic E-state index is 13.6. The van der Waals surface area contributed by atoms with E-state index in [1.165, 1.54) is 36.4 Å². The molecule has 168 valence electrons. The zero-order valence-electron chi connectivity index (χ0n) is 17.4. The summed E-state index contributed by atoms with van der Waals surface area (Å²) >= 11 is 0. The molecule has 1 fully saturated rings. The quantitative estimate of drug-likeness (QED) is 0.506. The second-order valence-electron chi connectivity index (χ2n) is 7.79. The highest BCUT2D eigenvalue weighted by molar-refractivity contribution is 7.90. The van der Waals surface area contributed by atoms with Crippen molar-refractivity contribution in [2.24, 2.45) is 0 Å². The molecule has 1 unspecified atom stereocenters. The Balaban J connectivity index is 1.52. The maximum Gasteiger partial charge on any atom is 0.289 e. The van der Waals surface area contributed by atoms with Crippen LogP contribution in [-0.4, -0.2) is 38.5 Å². The van der Waals surface area contributed by atoms with Gasteiger partial charge in [0.15, 0.2) is 15.6 Å². The first-order valence-corrected chi connectivity index (χ1v) is 12.1. The van der Waals surface area contributed by atoms with Crippen molar-refractivity contribution in [1.82, 2.24) is 4.90 Å². The minimum Gasteiger partial charge on any atom is -0.455 e. The second-order valence-corrected chi connectivity index (χ2v) is 9.78. The van der Waals surface area contributed by atoms with Crippen LogP contribution in [0.4, 0.5) is 4.39 Å². The third kappa shape index (κ3) is 5.44. The van der Waals surface area contributed by atoms with Crippen LogP contribution in [0, 0.1) is 5.82 Å². The van der Waals surface area contributed by atoms with Crippen molar-refractivity contribution < 1.29 is 26.8 Å². The topological polar surface area (TPSA) is 76.8 Å². The molecule has 1 amide bonds. The third-order valence-electron chi connectivity index (χ3n) is 5.30. The summed E-state index contributed by atoms with van der Waals surface area (Å²) < 4.78 is 50.2. The van der Waals surface area contributed by atoms with E-state index in [0.29, 0.717) is 18.7 Å². The van der Waals surface area contributed by atoms with E-state index in [-0.39, 0.29) is 40.6 Å². The monoisotopic (exact) mass is 457 g/mol. The Hall–Kier alpha value is -2.97. The number of hydrogen-bond acceptors (Lipinski definition) is 5. The Labute approximate surface area is 186 Å². The summed E-state index contributed by atoms with van der Waals surface area (Å²) in [5.41, 5.74) is 0.648. The van der Waals surface area contributed by atoms with E-state index >= 15 is 0 Å². The van der Waals surface area contributed by atoms with Gasteiger partial charge in [0.1, 0.15) is 17.3 Å². The molecular weight excluding hydrogens is 433 g/mol. The van der Waals surface area contributed by atoms with Gasteiger partial charge in [0.25, 0.3) is 5.91 Å². The van der Waals surface area contributed by atoms with Crippen molar-refractivity contribution >= 4 is 15.7 Å². The number of rotatable bonds is 8. The fraction of sp³-hybridized carbons (Fsp3) is 0.292. The molecule has 1 aliphatic heterocycles. The predicted octanol–water partition coefficient (Wildman–Crippen LogP) is 4.21. The van der Waals surface area contributed by atoms with E-state index in [1.54, 1.807) is 35.2 Å². The molecule has 0 spiro atoms. The first-order valence-electron chi connectivity index (χ1n) is 10.4. The lowest BCUT2D eigenvalue weighted by Gasteiger charge is -2.25. The van der Waals surface area contributed by atoms with Crippen LogP contribution in [-0.2, 0) is 26.9 Å². The van der Waals surface area contributed by atoms with Crippen LogP contribution < -0.4 is 0 Å². The minimum atomic E-state index is -3.60. The normalized spacial score (nSPS) is 16.2. The number of benzene rings is 2. The van der Waals surface area contributed by atoms with Crippen LogP contribution in [0.1, 0.15) is 34.7 Å². The summed E-state index contributed by atoms with van der Waals surface area (Å²) in [6, 6.07) is 17.1. The van der Waals surface area contributed by atoms with Gasteiger partial charge in [-0.3, -0.25) is 4.79 Å². The third-order valence-corrected chi connectivity index (χ3v) is 6.96. The van der Waals surface area contributed by atoms with E-state index in [1.807, 2.05) is 0 Å². The number of amides is 1. The summed E-state index contributed by atoms with van der Waals surface area (Å²) in [6.07, 6.45) is 1.67. The van der Waals surface area contributed by atoms with Gasteiger partial charge in [-0.2, -0.15) is 0 Å². The van der Waals surface area contributed by atoms with Crippen molar-refractivity contribution in [1.29, 1.82) is 0 Å². The molecular formula is C24H24FNO5S. The summed E-state index contributed by atoms with van der Waals surface area (Å²) in [4.78, 5) is 14.9. The number of nitrogens with zero attached hydrogens (tertiary/aromatic N) is 1.